The number of hydrogen-bond acceptors (Lipinski definition) is 5. The number of para-hydroxylation sites is 1. The number of methoxy groups -OCH3 is 1. The lowest BCUT2D eigenvalue weighted by Crippen LogP contribution is -2.10. The molecule has 1 aliphatic heterocycles. The molecule has 0 unspecified atom stereocenters. The van der Waals surface area contributed by atoms with Crippen molar-refractivity contribution in [3.05, 3.63) is 120 Å². The first kappa shape index (κ1) is 21.2. The van der Waals surface area contributed by atoms with Crippen LogP contribution in [0, 0.1) is 0 Å². The highest BCUT2D eigenvalue weighted by atomic mass is 16.5. The van der Waals surface area contributed by atoms with Crippen molar-refractivity contribution in [1.29, 1.82) is 0 Å². The fourth-order valence-electron chi connectivity index (χ4n) is 3.76. The molecule has 0 radical (unpaired) electrons. The standard InChI is InChI=1S/C29H20O5/c1-32-25-10-6-5-9-24(25)29(31)33-22-15-16-23-26(18-22)34-27(28(23)30)17-19-11-13-21(14-12-19)20-7-3-2-4-8-20/h2-18H,1H3. The largest absolute Gasteiger partial charge is 0.496 e. The zero-order valence-electron chi connectivity index (χ0n) is 18.4. The third-order valence-electron chi connectivity index (χ3n) is 5.49. The Kier molecular flexibility index (Phi) is 5.67. The minimum atomic E-state index is -0.559. The molecule has 1 aliphatic rings. The van der Waals surface area contributed by atoms with Crippen LogP contribution in [-0.2, 0) is 0 Å². The third-order valence-corrected chi connectivity index (χ3v) is 5.49. The average molecular weight is 448 g/mol. The third kappa shape index (κ3) is 4.19. The number of ether oxygens (including phenoxy) is 3. The maximum Gasteiger partial charge on any atom is 0.347 e. The Morgan fingerprint density at radius 3 is 2.29 bits per heavy atom. The van der Waals surface area contributed by atoms with Gasteiger partial charge in [0.15, 0.2) is 5.76 Å². The Morgan fingerprint density at radius 2 is 1.53 bits per heavy atom. The van der Waals surface area contributed by atoms with Gasteiger partial charge >= 0.3 is 5.97 Å². The van der Waals surface area contributed by atoms with E-state index in [1.165, 1.54) is 7.11 Å². The van der Waals surface area contributed by atoms with Gasteiger partial charge in [0.25, 0.3) is 0 Å². The van der Waals surface area contributed by atoms with Crippen molar-refractivity contribution in [3.63, 3.8) is 0 Å². The second kappa shape index (κ2) is 9.08. The van der Waals surface area contributed by atoms with E-state index in [-0.39, 0.29) is 17.3 Å². The van der Waals surface area contributed by atoms with Gasteiger partial charge in [-0.2, -0.15) is 0 Å². The smallest absolute Gasteiger partial charge is 0.347 e. The predicted molar refractivity (Wildman–Crippen MR) is 129 cm³/mol. The summed E-state index contributed by atoms with van der Waals surface area (Å²) in [5.74, 6) is 0.485. The predicted octanol–water partition coefficient (Wildman–Crippen LogP) is 6.20. The second-order valence-electron chi connectivity index (χ2n) is 7.68. The number of rotatable bonds is 5. The van der Waals surface area contributed by atoms with E-state index in [1.54, 1.807) is 48.5 Å². The molecule has 0 aliphatic carbocycles. The van der Waals surface area contributed by atoms with Crippen molar-refractivity contribution in [2.45, 2.75) is 0 Å². The van der Waals surface area contributed by atoms with Crippen LogP contribution < -0.4 is 14.2 Å². The summed E-state index contributed by atoms with van der Waals surface area (Å²) in [6, 6.07) is 29.5. The van der Waals surface area contributed by atoms with Gasteiger partial charge in [0.1, 0.15) is 22.8 Å². The van der Waals surface area contributed by atoms with Gasteiger partial charge in [0.2, 0.25) is 5.78 Å². The lowest BCUT2D eigenvalue weighted by atomic mass is 10.0. The molecule has 5 rings (SSSR count). The summed E-state index contributed by atoms with van der Waals surface area (Å²) in [7, 11) is 1.49. The number of carbonyl (C=O) groups is 2. The van der Waals surface area contributed by atoms with Gasteiger partial charge in [0, 0.05) is 6.07 Å². The van der Waals surface area contributed by atoms with Crippen molar-refractivity contribution in [2.75, 3.05) is 7.11 Å². The first-order chi connectivity index (χ1) is 16.6. The topological polar surface area (TPSA) is 61.8 Å². The molecule has 5 nitrogen and oxygen atoms in total. The van der Waals surface area contributed by atoms with E-state index in [4.69, 9.17) is 14.2 Å². The minimum absolute atomic E-state index is 0.218. The molecule has 0 bridgehead atoms. The highest BCUT2D eigenvalue weighted by molar-refractivity contribution is 6.14. The molecule has 0 saturated heterocycles. The quantitative estimate of drug-likeness (QED) is 0.207. The Morgan fingerprint density at radius 1 is 0.824 bits per heavy atom. The van der Waals surface area contributed by atoms with Crippen LogP contribution in [0.5, 0.6) is 17.2 Å². The van der Waals surface area contributed by atoms with Gasteiger partial charge in [-0.3, -0.25) is 4.79 Å². The van der Waals surface area contributed by atoms with Crippen LogP contribution in [0.1, 0.15) is 26.3 Å². The molecule has 4 aromatic rings. The number of carbonyl (C=O) groups excluding carboxylic acids is 2. The van der Waals surface area contributed by atoms with Gasteiger partial charge in [-0.25, -0.2) is 4.79 Å². The summed E-state index contributed by atoms with van der Waals surface area (Å²) in [5.41, 5.74) is 3.79. The van der Waals surface area contributed by atoms with E-state index in [1.807, 2.05) is 54.6 Å². The number of hydrogen-bond donors (Lipinski definition) is 0. The normalized spacial score (nSPS) is 13.3. The number of allylic oxidation sites excluding steroid dienone is 1. The molecule has 34 heavy (non-hydrogen) atoms. The van der Waals surface area contributed by atoms with Crippen LogP contribution in [0.15, 0.2) is 103 Å². The summed E-state index contributed by atoms with van der Waals surface area (Å²) < 4.78 is 16.5. The fraction of sp³-hybridized carbons (Fsp3) is 0.0345. The summed E-state index contributed by atoms with van der Waals surface area (Å²) in [5, 5.41) is 0. The van der Waals surface area contributed by atoms with E-state index in [9.17, 15) is 9.59 Å². The van der Waals surface area contributed by atoms with Crippen molar-refractivity contribution >= 4 is 17.8 Å². The van der Waals surface area contributed by atoms with Gasteiger partial charge in [-0.1, -0.05) is 66.7 Å². The number of benzene rings is 4. The molecule has 4 aromatic carbocycles. The van der Waals surface area contributed by atoms with E-state index in [0.29, 0.717) is 22.6 Å². The van der Waals surface area contributed by atoms with Crippen molar-refractivity contribution in [2.24, 2.45) is 0 Å². The van der Waals surface area contributed by atoms with Gasteiger partial charge < -0.3 is 14.2 Å². The van der Waals surface area contributed by atoms with Gasteiger partial charge in [0.05, 0.1) is 12.7 Å². The van der Waals surface area contributed by atoms with Crippen LogP contribution in [0.2, 0.25) is 0 Å². The Hall–Kier alpha value is -4.64. The molecular weight excluding hydrogens is 428 g/mol. The molecule has 0 N–H and O–H groups in total. The monoisotopic (exact) mass is 448 g/mol. The van der Waals surface area contributed by atoms with E-state index >= 15 is 0 Å². The molecule has 166 valence electrons. The van der Waals surface area contributed by atoms with Crippen LogP contribution in [0.4, 0.5) is 0 Å². The summed E-state index contributed by atoms with van der Waals surface area (Å²) >= 11 is 0. The van der Waals surface area contributed by atoms with Gasteiger partial charge in [-0.15, -0.1) is 0 Å². The van der Waals surface area contributed by atoms with Crippen molar-refractivity contribution in [1.82, 2.24) is 0 Å². The molecule has 0 aromatic heterocycles. The second-order valence-corrected chi connectivity index (χ2v) is 7.68. The molecule has 0 atom stereocenters. The number of Topliss-reactive ketones (excluding diaryl/α,β-unsaturated/α-hetero) is 1. The number of esters is 1. The van der Waals surface area contributed by atoms with Crippen LogP contribution in [0.3, 0.4) is 0 Å². The van der Waals surface area contributed by atoms with E-state index < -0.39 is 5.97 Å². The minimum Gasteiger partial charge on any atom is -0.496 e. The molecule has 0 spiro atoms. The van der Waals surface area contributed by atoms with Crippen LogP contribution in [0.25, 0.3) is 17.2 Å². The maximum absolute atomic E-state index is 12.8. The average Bonchev–Trinajstić information content (AvgIpc) is 3.19. The highest BCUT2D eigenvalue weighted by Crippen LogP contribution is 2.35. The molecule has 0 fully saturated rings. The summed E-state index contributed by atoms with van der Waals surface area (Å²) in [4.78, 5) is 25.4. The lowest BCUT2D eigenvalue weighted by Gasteiger charge is -2.08. The number of ketones is 1. The van der Waals surface area contributed by atoms with Crippen LogP contribution in [-0.4, -0.2) is 18.9 Å². The Labute approximate surface area is 196 Å². The summed E-state index contributed by atoms with van der Waals surface area (Å²) in [6.07, 6.45) is 1.71. The van der Waals surface area contributed by atoms with E-state index in [0.717, 1.165) is 16.7 Å². The van der Waals surface area contributed by atoms with Gasteiger partial charge in [-0.05, 0) is 47.0 Å². The highest BCUT2D eigenvalue weighted by Gasteiger charge is 2.28. The molecule has 1 heterocycles. The SMILES string of the molecule is COc1ccccc1C(=O)Oc1ccc2c(c1)OC(=Cc1ccc(-c3ccccc3)cc1)C2=O. The zero-order valence-corrected chi connectivity index (χ0v) is 18.4. The first-order valence-corrected chi connectivity index (χ1v) is 10.7. The summed E-state index contributed by atoms with van der Waals surface area (Å²) in [6.45, 7) is 0. The fourth-order valence-corrected chi connectivity index (χ4v) is 3.76. The molecule has 5 heteroatoms. The number of fused-ring (bicyclic) bond motifs is 1. The van der Waals surface area contributed by atoms with Crippen molar-refractivity contribution in [3.8, 4) is 28.4 Å². The van der Waals surface area contributed by atoms with E-state index in [2.05, 4.69) is 0 Å². The molecular formula is C29H20O5. The van der Waals surface area contributed by atoms with Crippen LogP contribution >= 0.6 is 0 Å². The lowest BCUT2D eigenvalue weighted by molar-refractivity contribution is 0.0731. The maximum atomic E-state index is 12.8. The molecule has 0 saturated carbocycles. The Bertz CT molecular complexity index is 1400. The molecule has 0 amide bonds. The first-order valence-electron chi connectivity index (χ1n) is 10.7. The zero-order chi connectivity index (χ0) is 23.5. The van der Waals surface area contributed by atoms with Crippen molar-refractivity contribution < 1.29 is 23.8 Å². The Balaban J connectivity index is 1.34.